The summed E-state index contributed by atoms with van der Waals surface area (Å²) in [4.78, 5) is 33.4. The first-order valence-electron chi connectivity index (χ1n) is 10.4. The average molecular weight is 497 g/mol. The molecule has 4 aromatic rings. The Morgan fingerprint density at radius 3 is 2.54 bits per heavy atom. The monoisotopic (exact) mass is 496 g/mol. The van der Waals surface area contributed by atoms with Gasteiger partial charge >= 0.3 is 0 Å². The van der Waals surface area contributed by atoms with Crippen LogP contribution >= 0.6 is 0 Å². The first kappa shape index (κ1) is 24.0. The van der Waals surface area contributed by atoms with Gasteiger partial charge in [-0.1, -0.05) is 0 Å². The molecule has 1 aromatic carbocycles. The molecule has 0 fully saturated rings. The highest BCUT2D eigenvalue weighted by Crippen LogP contribution is 2.24. The van der Waals surface area contributed by atoms with E-state index in [0.29, 0.717) is 22.2 Å². The zero-order valence-corrected chi connectivity index (χ0v) is 19.6. The molecular formula is C23H21FN6O4S. The van der Waals surface area contributed by atoms with Crippen molar-refractivity contribution in [2.45, 2.75) is 17.5 Å². The van der Waals surface area contributed by atoms with E-state index in [2.05, 4.69) is 25.7 Å². The summed E-state index contributed by atoms with van der Waals surface area (Å²) in [6.45, 7) is 0. The van der Waals surface area contributed by atoms with Crippen LogP contribution in [0.4, 0.5) is 4.39 Å². The fraction of sp³-hybridized carbons (Fsp3) is 0.174. The van der Waals surface area contributed by atoms with Crippen LogP contribution in [0.15, 0.2) is 66.2 Å². The van der Waals surface area contributed by atoms with Crippen LogP contribution in [0.2, 0.25) is 0 Å². The number of fused-ring (bicyclic) bond motifs is 1. The van der Waals surface area contributed by atoms with Crippen LogP contribution in [0.3, 0.4) is 0 Å². The molecule has 0 aliphatic rings. The Morgan fingerprint density at radius 2 is 1.86 bits per heavy atom. The van der Waals surface area contributed by atoms with Crippen molar-refractivity contribution >= 4 is 32.6 Å². The van der Waals surface area contributed by atoms with E-state index in [0.717, 1.165) is 6.26 Å². The Balaban J connectivity index is 1.70. The lowest BCUT2D eigenvalue weighted by Crippen LogP contribution is -2.33. The van der Waals surface area contributed by atoms with Crippen molar-refractivity contribution < 1.29 is 22.4 Å². The summed E-state index contributed by atoms with van der Waals surface area (Å²) in [6.07, 6.45) is 6.61. The highest BCUT2D eigenvalue weighted by molar-refractivity contribution is 7.90. The summed E-state index contributed by atoms with van der Waals surface area (Å²) in [7, 11) is -2.14. The number of rotatable bonds is 7. The number of carbonyl (C=O) groups is 2. The fourth-order valence-electron chi connectivity index (χ4n) is 3.53. The van der Waals surface area contributed by atoms with Crippen LogP contribution in [0.25, 0.3) is 16.6 Å². The molecule has 0 spiro atoms. The Bertz CT molecular complexity index is 1520. The molecule has 1 unspecified atom stereocenters. The van der Waals surface area contributed by atoms with Gasteiger partial charge in [-0.3, -0.25) is 14.6 Å². The minimum Gasteiger partial charge on any atom is -0.359 e. The molecule has 0 radical (unpaired) electrons. The number of hydrogen-bond donors (Lipinski definition) is 2. The lowest BCUT2D eigenvalue weighted by Gasteiger charge is -2.19. The van der Waals surface area contributed by atoms with Gasteiger partial charge in [0.25, 0.3) is 5.91 Å². The molecule has 2 N–H and O–H groups in total. The van der Waals surface area contributed by atoms with Gasteiger partial charge in [-0.2, -0.15) is 5.10 Å². The van der Waals surface area contributed by atoms with Crippen molar-refractivity contribution in [3.8, 4) is 5.69 Å². The molecule has 0 saturated heterocycles. The van der Waals surface area contributed by atoms with E-state index in [4.69, 9.17) is 0 Å². The highest BCUT2D eigenvalue weighted by atomic mass is 32.2. The summed E-state index contributed by atoms with van der Waals surface area (Å²) >= 11 is 0. The van der Waals surface area contributed by atoms with Gasteiger partial charge in [0.05, 0.1) is 41.6 Å². The van der Waals surface area contributed by atoms with Crippen molar-refractivity contribution in [2.75, 3.05) is 13.3 Å². The maximum Gasteiger partial charge on any atom is 0.254 e. The van der Waals surface area contributed by atoms with Gasteiger partial charge in [0, 0.05) is 31.1 Å². The number of pyridine rings is 2. The zero-order chi connectivity index (χ0) is 25.2. The summed E-state index contributed by atoms with van der Waals surface area (Å²) in [5.74, 6) is -1.28. The molecule has 0 bridgehead atoms. The van der Waals surface area contributed by atoms with Crippen LogP contribution in [0.1, 0.15) is 28.4 Å². The van der Waals surface area contributed by atoms with Gasteiger partial charge < -0.3 is 10.6 Å². The molecule has 10 nitrogen and oxygen atoms in total. The molecule has 3 aromatic heterocycles. The van der Waals surface area contributed by atoms with E-state index >= 15 is 0 Å². The number of hydrogen-bond acceptors (Lipinski definition) is 7. The van der Waals surface area contributed by atoms with Gasteiger partial charge in [0.15, 0.2) is 14.9 Å². The number of nitrogens with zero attached hydrogens (tertiary/aromatic N) is 4. The van der Waals surface area contributed by atoms with Crippen molar-refractivity contribution in [1.29, 1.82) is 0 Å². The summed E-state index contributed by atoms with van der Waals surface area (Å²) < 4.78 is 38.7. The normalized spacial score (nSPS) is 12.3. The molecule has 0 aliphatic carbocycles. The van der Waals surface area contributed by atoms with Crippen LogP contribution < -0.4 is 10.6 Å². The fourth-order valence-corrected chi connectivity index (χ4v) is 4.13. The Labute approximate surface area is 200 Å². The third-order valence-corrected chi connectivity index (χ3v) is 6.31. The zero-order valence-electron chi connectivity index (χ0n) is 18.8. The second-order valence-corrected chi connectivity index (χ2v) is 9.72. The predicted octanol–water partition coefficient (Wildman–Crippen LogP) is 1.97. The number of nitrogens with one attached hydrogen (secondary N) is 2. The number of halogens is 1. The molecule has 3 heterocycles. The molecule has 2 amide bonds. The predicted molar refractivity (Wildman–Crippen MR) is 125 cm³/mol. The van der Waals surface area contributed by atoms with Crippen molar-refractivity contribution in [1.82, 2.24) is 30.4 Å². The van der Waals surface area contributed by atoms with Gasteiger partial charge in [-0.25, -0.2) is 22.5 Å². The molecule has 0 saturated carbocycles. The molecule has 4 rings (SSSR count). The van der Waals surface area contributed by atoms with Crippen LogP contribution in [0.5, 0.6) is 0 Å². The van der Waals surface area contributed by atoms with Crippen molar-refractivity contribution in [2.24, 2.45) is 0 Å². The highest BCUT2D eigenvalue weighted by Gasteiger charge is 2.23. The second-order valence-electron chi connectivity index (χ2n) is 7.76. The first-order chi connectivity index (χ1) is 16.7. The Kier molecular flexibility index (Phi) is 6.56. The van der Waals surface area contributed by atoms with Gasteiger partial charge in [-0.05, 0) is 42.0 Å². The lowest BCUT2D eigenvalue weighted by molar-refractivity contribution is -0.121. The molecule has 35 heavy (non-hydrogen) atoms. The number of amides is 2. The largest absolute Gasteiger partial charge is 0.359 e. The van der Waals surface area contributed by atoms with E-state index < -0.39 is 21.8 Å². The minimum atomic E-state index is -3.60. The minimum absolute atomic E-state index is 0.131. The van der Waals surface area contributed by atoms with Crippen LogP contribution in [0, 0.1) is 5.82 Å². The number of sulfone groups is 1. The Morgan fingerprint density at radius 1 is 1.11 bits per heavy atom. The maximum atomic E-state index is 13.3. The van der Waals surface area contributed by atoms with Gasteiger partial charge in [-0.15, -0.1) is 0 Å². The van der Waals surface area contributed by atoms with Gasteiger partial charge in [0.1, 0.15) is 5.82 Å². The number of carbonyl (C=O) groups excluding carboxylic acids is 2. The number of benzene rings is 1. The third kappa shape index (κ3) is 5.17. The molecule has 180 valence electrons. The molecular weight excluding hydrogens is 475 g/mol. The second kappa shape index (κ2) is 9.58. The van der Waals surface area contributed by atoms with Crippen LogP contribution in [-0.4, -0.2) is 53.3 Å². The third-order valence-electron chi connectivity index (χ3n) is 5.33. The average Bonchev–Trinajstić information content (AvgIpc) is 3.27. The number of aromatic nitrogens is 4. The van der Waals surface area contributed by atoms with E-state index in [9.17, 15) is 22.4 Å². The lowest BCUT2D eigenvalue weighted by atomic mass is 10.0. The van der Waals surface area contributed by atoms with Crippen LogP contribution in [-0.2, 0) is 14.6 Å². The van der Waals surface area contributed by atoms with E-state index in [1.165, 1.54) is 60.8 Å². The van der Waals surface area contributed by atoms with E-state index in [1.54, 1.807) is 12.1 Å². The topological polar surface area (TPSA) is 136 Å². The summed E-state index contributed by atoms with van der Waals surface area (Å²) in [5, 5.41) is 9.93. The Hall–Kier alpha value is -4.19. The summed E-state index contributed by atoms with van der Waals surface area (Å²) in [6, 6.07) is 7.73. The maximum absolute atomic E-state index is 13.3. The smallest absolute Gasteiger partial charge is 0.254 e. The van der Waals surface area contributed by atoms with Gasteiger partial charge in [0.2, 0.25) is 5.91 Å². The van der Waals surface area contributed by atoms with Crippen molar-refractivity contribution in [3.05, 3.63) is 78.1 Å². The SMILES string of the molecule is CNC(=O)CC(NC(=O)c1cncc2c1cnn2-c1ccc(F)cc1)c1ccnc(S(C)(=O)=O)c1. The summed E-state index contributed by atoms with van der Waals surface area (Å²) in [5.41, 5.74) is 1.72. The van der Waals surface area contributed by atoms with E-state index in [-0.39, 0.29) is 28.7 Å². The first-order valence-corrected chi connectivity index (χ1v) is 12.3. The standard InChI is InChI=1S/C23H21FN6O4S/c1-25-21(31)10-19(14-7-8-27-22(9-14)35(2,33)34)29-23(32)18-11-26-13-20-17(18)12-28-30(20)16-5-3-15(24)4-6-16/h3-9,11-13,19H,10H2,1-2H3,(H,25,31)(H,29,32). The molecule has 1 atom stereocenters. The quantitative estimate of drug-likeness (QED) is 0.399. The van der Waals surface area contributed by atoms with Crippen molar-refractivity contribution in [3.63, 3.8) is 0 Å². The molecule has 12 heteroatoms. The molecule has 0 aliphatic heterocycles. The van der Waals surface area contributed by atoms with E-state index in [1.807, 2.05) is 0 Å².